The number of aliphatic carboxylic acids is 1. The Morgan fingerprint density at radius 2 is 1.89 bits per heavy atom. The van der Waals surface area contributed by atoms with Crippen molar-refractivity contribution >= 4 is 5.97 Å². The number of carboxylic acid groups (broad SMARTS) is 1. The Hall–Kier alpha value is -1.35. The van der Waals surface area contributed by atoms with Crippen LogP contribution in [0.15, 0.2) is 18.2 Å². The van der Waals surface area contributed by atoms with E-state index in [-0.39, 0.29) is 0 Å². The number of carboxylic acids is 1. The first kappa shape index (κ1) is 14.1. The number of carbonyl (C=O) groups is 1. The minimum Gasteiger partial charge on any atom is -0.481 e. The molecule has 1 unspecified atom stereocenters. The van der Waals surface area contributed by atoms with Crippen molar-refractivity contribution in [3.8, 4) is 0 Å². The smallest absolute Gasteiger partial charge is 0.312 e. The van der Waals surface area contributed by atoms with E-state index >= 15 is 0 Å². The van der Waals surface area contributed by atoms with E-state index in [1.165, 1.54) is 30.4 Å². The molecule has 0 amide bonds. The van der Waals surface area contributed by atoms with E-state index in [1.807, 2.05) is 25.1 Å². The molecule has 104 valence electrons. The minimum atomic E-state index is -0.714. The Kier molecular flexibility index (Phi) is 4.59. The second-order valence-corrected chi connectivity index (χ2v) is 5.60. The van der Waals surface area contributed by atoms with Crippen LogP contribution in [0.1, 0.15) is 41.9 Å². The van der Waals surface area contributed by atoms with Gasteiger partial charge >= 0.3 is 5.97 Å². The van der Waals surface area contributed by atoms with Crippen molar-refractivity contribution in [3.63, 3.8) is 0 Å². The molecule has 0 aliphatic carbocycles. The Morgan fingerprint density at radius 3 is 2.47 bits per heavy atom. The lowest BCUT2D eigenvalue weighted by molar-refractivity contribution is -0.139. The maximum atomic E-state index is 11.5. The molecule has 0 radical (unpaired) electrons. The monoisotopic (exact) mass is 261 g/mol. The highest BCUT2D eigenvalue weighted by Crippen LogP contribution is 2.22. The minimum absolute atomic E-state index is 0.405. The standard InChI is InChI=1S/C16H23NO2/c1-12-6-7-14(10-13(12)2)15(16(18)19)11-17-8-4-3-5-9-17/h6-7,10,15H,3-5,8-9,11H2,1-2H3,(H,18,19). The topological polar surface area (TPSA) is 40.5 Å². The fourth-order valence-corrected chi connectivity index (χ4v) is 2.71. The lowest BCUT2D eigenvalue weighted by Gasteiger charge is -2.29. The zero-order valence-electron chi connectivity index (χ0n) is 11.9. The average molecular weight is 261 g/mol. The first-order chi connectivity index (χ1) is 9.08. The van der Waals surface area contributed by atoms with Crippen LogP contribution in [0, 0.1) is 13.8 Å². The van der Waals surface area contributed by atoms with Gasteiger partial charge in [0.05, 0.1) is 5.92 Å². The molecule has 3 heteroatoms. The van der Waals surface area contributed by atoms with Gasteiger partial charge in [-0.05, 0) is 56.5 Å². The third kappa shape index (κ3) is 3.57. The van der Waals surface area contributed by atoms with Crippen molar-refractivity contribution in [2.24, 2.45) is 0 Å². The van der Waals surface area contributed by atoms with Crippen molar-refractivity contribution in [2.75, 3.05) is 19.6 Å². The molecule has 1 atom stereocenters. The molecule has 2 rings (SSSR count). The SMILES string of the molecule is Cc1ccc(C(CN2CCCCC2)C(=O)O)cc1C. The van der Waals surface area contributed by atoms with E-state index in [0.29, 0.717) is 6.54 Å². The number of likely N-dealkylation sites (tertiary alicyclic amines) is 1. The molecular weight excluding hydrogens is 238 g/mol. The van der Waals surface area contributed by atoms with Gasteiger partial charge in [0, 0.05) is 6.54 Å². The molecule has 19 heavy (non-hydrogen) atoms. The molecule has 0 spiro atoms. The summed E-state index contributed by atoms with van der Waals surface area (Å²) in [4.78, 5) is 13.8. The summed E-state index contributed by atoms with van der Waals surface area (Å²) in [6.07, 6.45) is 3.66. The molecule has 1 aliphatic heterocycles. The summed E-state index contributed by atoms with van der Waals surface area (Å²) in [5.41, 5.74) is 3.31. The summed E-state index contributed by atoms with van der Waals surface area (Å²) in [5, 5.41) is 9.49. The molecule has 1 saturated heterocycles. The van der Waals surface area contributed by atoms with Crippen LogP contribution < -0.4 is 0 Å². The van der Waals surface area contributed by atoms with Gasteiger partial charge in [-0.3, -0.25) is 4.79 Å². The van der Waals surface area contributed by atoms with Crippen LogP contribution in [-0.4, -0.2) is 35.6 Å². The van der Waals surface area contributed by atoms with Crippen LogP contribution in [0.4, 0.5) is 0 Å². The molecule has 0 bridgehead atoms. The normalized spacial score (nSPS) is 18.2. The van der Waals surface area contributed by atoms with Crippen molar-refractivity contribution in [3.05, 3.63) is 34.9 Å². The summed E-state index contributed by atoms with van der Waals surface area (Å²) in [5.74, 6) is -1.12. The zero-order chi connectivity index (χ0) is 13.8. The molecule has 1 N–H and O–H groups in total. The first-order valence-corrected chi connectivity index (χ1v) is 7.10. The summed E-state index contributed by atoms with van der Waals surface area (Å²) in [6, 6.07) is 6.01. The third-order valence-corrected chi connectivity index (χ3v) is 4.12. The highest BCUT2D eigenvalue weighted by Gasteiger charge is 2.24. The van der Waals surface area contributed by atoms with E-state index in [2.05, 4.69) is 11.8 Å². The molecule has 0 aromatic heterocycles. The van der Waals surface area contributed by atoms with Crippen molar-refractivity contribution < 1.29 is 9.90 Å². The predicted octanol–water partition coefficient (Wildman–Crippen LogP) is 2.96. The number of hydrogen-bond acceptors (Lipinski definition) is 2. The summed E-state index contributed by atoms with van der Waals surface area (Å²) < 4.78 is 0. The van der Waals surface area contributed by atoms with Crippen molar-refractivity contribution in [1.82, 2.24) is 4.90 Å². The number of piperidine rings is 1. The molecule has 1 aromatic carbocycles. The van der Waals surface area contributed by atoms with Crippen LogP contribution in [0.5, 0.6) is 0 Å². The van der Waals surface area contributed by atoms with Gasteiger partial charge in [0.15, 0.2) is 0 Å². The second-order valence-electron chi connectivity index (χ2n) is 5.60. The summed E-state index contributed by atoms with van der Waals surface area (Å²) in [6.45, 7) is 6.80. The third-order valence-electron chi connectivity index (χ3n) is 4.12. The molecule has 3 nitrogen and oxygen atoms in total. The number of rotatable bonds is 4. The Morgan fingerprint density at radius 1 is 1.21 bits per heavy atom. The van der Waals surface area contributed by atoms with Gasteiger partial charge in [-0.15, -0.1) is 0 Å². The van der Waals surface area contributed by atoms with E-state index in [9.17, 15) is 9.90 Å². The highest BCUT2D eigenvalue weighted by molar-refractivity contribution is 5.76. The van der Waals surface area contributed by atoms with E-state index < -0.39 is 11.9 Å². The Balaban J connectivity index is 2.14. The molecule has 1 aromatic rings. The first-order valence-electron chi connectivity index (χ1n) is 7.10. The van der Waals surface area contributed by atoms with Gasteiger partial charge in [0.25, 0.3) is 0 Å². The van der Waals surface area contributed by atoms with Gasteiger partial charge < -0.3 is 10.0 Å². The van der Waals surface area contributed by atoms with Crippen LogP contribution in [0.2, 0.25) is 0 Å². The van der Waals surface area contributed by atoms with E-state index in [4.69, 9.17) is 0 Å². The maximum absolute atomic E-state index is 11.5. The fraction of sp³-hybridized carbons (Fsp3) is 0.562. The predicted molar refractivity (Wildman–Crippen MR) is 76.6 cm³/mol. The van der Waals surface area contributed by atoms with E-state index in [1.54, 1.807) is 0 Å². The van der Waals surface area contributed by atoms with Crippen LogP contribution >= 0.6 is 0 Å². The maximum Gasteiger partial charge on any atom is 0.312 e. The Bertz CT molecular complexity index is 450. The second kappa shape index (κ2) is 6.20. The van der Waals surface area contributed by atoms with E-state index in [0.717, 1.165) is 18.7 Å². The lowest BCUT2D eigenvalue weighted by atomic mass is 9.94. The fourth-order valence-electron chi connectivity index (χ4n) is 2.71. The molecular formula is C16H23NO2. The summed E-state index contributed by atoms with van der Waals surface area (Å²) >= 11 is 0. The number of hydrogen-bond donors (Lipinski definition) is 1. The molecule has 0 saturated carbocycles. The van der Waals surface area contributed by atoms with Crippen molar-refractivity contribution in [1.29, 1.82) is 0 Å². The van der Waals surface area contributed by atoms with Crippen molar-refractivity contribution in [2.45, 2.75) is 39.0 Å². The lowest BCUT2D eigenvalue weighted by Crippen LogP contribution is -2.35. The zero-order valence-corrected chi connectivity index (χ0v) is 11.9. The average Bonchev–Trinajstić information content (AvgIpc) is 2.40. The quantitative estimate of drug-likeness (QED) is 0.906. The van der Waals surface area contributed by atoms with Gasteiger partial charge in [-0.25, -0.2) is 0 Å². The van der Waals surface area contributed by atoms with Crippen LogP contribution in [0.25, 0.3) is 0 Å². The molecule has 1 aliphatic rings. The number of aryl methyl sites for hydroxylation is 2. The van der Waals surface area contributed by atoms with Gasteiger partial charge in [-0.2, -0.15) is 0 Å². The number of benzene rings is 1. The van der Waals surface area contributed by atoms with Crippen LogP contribution in [-0.2, 0) is 4.79 Å². The van der Waals surface area contributed by atoms with Gasteiger partial charge in [0.2, 0.25) is 0 Å². The molecule has 1 heterocycles. The summed E-state index contributed by atoms with van der Waals surface area (Å²) in [7, 11) is 0. The van der Waals surface area contributed by atoms with Crippen LogP contribution in [0.3, 0.4) is 0 Å². The largest absolute Gasteiger partial charge is 0.481 e. The molecule has 1 fully saturated rings. The highest BCUT2D eigenvalue weighted by atomic mass is 16.4. The van der Waals surface area contributed by atoms with Gasteiger partial charge in [-0.1, -0.05) is 24.6 Å². The number of nitrogens with zero attached hydrogens (tertiary/aromatic N) is 1. The Labute approximate surface area is 115 Å². The van der Waals surface area contributed by atoms with Gasteiger partial charge in [0.1, 0.15) is 0 Å².